The Morgan fingerprint density at radius 2 is 1.29 bits per heavy atom. The molecule has 0 bridgehead atoms. The Bertz CT molecular complexity index is 315. The summed E-state index contributed by atoms with van der Waals surface area (Å²) < 4.78 is 27.1. The van der Waals surface area contributed by atoms with Crippen LogP contribution in [-0.2, 0) is 19.9 Å². The van der Waals surface area contributed by atoms with Gasteiger partial charge in [-0.25, -0.2) is 0 Å². The van der Waals surface area contributed by atoms with E-state index in [1.165, 1.54) is 0 Å². The summed E-state index contributed by atoms with van der Waals surface area (Å²) in [5.41, 5.74) is 10.2. The maximum absolute atomic E-state index is 11.3. The van der Waals surface area contributed by atoms with Crippen molar-refractivity contribution in [3.05, 3.63) is 0 Å². The number of aliphatic carboxylic acids is 2. The first-order valence-corrected chi connectivity index (χ1v) is 10.8. The first-order chi connectivity index (χ1) is 7.73. The van der Waals surface area contributed by atoms with Crippen LogP contribution in [0.1, 0.15) is 0 Å². The van der Waals surface area contributed by atoms with Crippen molar-refractivity contribution in [1.82, 2.24) is 0 Å². The molecule has 0 aromatic carbocycles. The molecular weight excluding hydrogens is 357 g/mol. The van der Waals surface area contributed by atoms with Crippen LogP contribution in [0.5, 0.6) is 0 Å². The summed E-state index contributed by atoms with van der Waals surface area (Å²) in [5.74, 6) is -2.66. The van der Waals surface area contributed by atoms with E-state index in [9.17, 15) is 17.1 Å². The van der Waals surface area contributed by atoms with Gasteiger partial charge in [-0.1, -0.05) is 0 Å². The Morgan fingerprint density at radius 3 is 1.53 bits per heavy atom. The fourth-order valence-corrected chi connectivity index (χ4v) is 8.45. The molecule has 0 aliphatic heterocycles. The Balaban J connectivity index is 4.09. The second kappa shape index (κ2) is 7.63. The predicted molar refractivity (Wildman–Crippen MR) is 54.8 cm³/mol. The Labute approximate surface area is 105 Å². The van der Waals surface area contributed by atoms with Crippen molar-refractivity contribution < 1.29 is 30.1 Å². The van der Waals surface area contributed by atoms with E-state index in [2.05, 4.69) is 2.79 Å². The van der Waals surface area contributed by atoms with Gasteiger partial charge < -0.3 is 0 Å². The Morgan fingerprint density at radius 1 is 1.00 bits per heavy atom. The number of carboxylic acid groups (broad SMARTS) is 2. The van der Waals surface area contributed by atoms with E-state index in [0.29, 0.717) is 0 Å². The molecule has 17 heavy (non-hydrogen) atoms. The summed E-state index contributed by atoms with van der Waals surface area (Å²) in [6.07, 6.45) is 0. The summed E-state index contributed by atoms with van der Waals surface area (Å²) >= 11 is -6.96. The van der Waals surface area contributed by atoms with Gasteiger partial charge in [0.1, 0.15) is 0 Å². The van der Waals surface area contributed by atoms with Crippen LogP contribution in [-0.4, -0.2) is 63.5 Å². The van der Waals surface area contributed by atoms with Gasteiger partial charge in [0.05, 0.1) is 0 Å². The Kier molecular flexibility index (Phi) is 7.34. The number of nitrogens with two attached hydrogens (primary N) is 2. The fourth-order valence-electron chi connectivity index (χ4n) is 0.744. The van der Waals surface area contributed by atoms with Crippen LogP contribution in [0.25, 0.3) is 0 Å². The van der Waals surface area contributed by atoms with Crippen LogP contribution in [0.2, 0.25) is 10.5 Å². The zero-order valence-corrected chi connectivity index (χ0v) is 12.9. The summed E-state index contributed by atoms with van der Waals surface area (Å²) in [6.45, 7) is 0. The first-order valence-electron chi connectivity index (χ1n) is 4.44. The number of hydrogen-bond acceptors (Lipinski definition) is 7. The zero-order valence-electron chi connectivity index (χ0n) is 8.66. The van der Waals surface area contributed by atoms with Gasteiger partial charge in [-0.15, -0.1) is 0 Å². The molecule has 0 radical (unpaired) electrons. The molecule has 0 saturated heterocycles. The number of carbonyl (C=O) groups is 2. The molecule has 0 unspecified atom stereocenters. The van der Waals surface area contributed by atoms with E-state index in [0.717, 1.165) is 0 Å². The van der Waals surface area contributed by atoms with Crippen molar-refractivity contribution >= 4 is 41.2 Å². The van der Waals surface area contributed by atoms with E-state index in [1.807, 2.05) is 0 Å². The van der Waals surface area contributed by atoms with Crippen molar-refractivity contribution in [1.29, 1.82) is 0 Å². The zero-order chi connectivity index (χ0) is 13.6. The number of hydrogen-bond donors (Lipinski definition) is 4. The van der Waals surface area contributed by atoms with Gasteiger partial charge >= 0.3 is 105 Å². The molecule has 0 aromatic rings. The third-order valence-electron chi connectivity index (χ3n) is 1.64. The van der Waals surface area contributed by atoms with E-state index in [1.54, 1.807) is 0 Å². The van der Waals surface area contributed by atoms with Gasteiger partial charge in [0, 0.05) is 0 Å². The van der Waals surface area contributed by atoms with Gasteiger partial charge in [0.25, 0.3) is 0 Å². The van der Waals surface area contributed by atoms with Crippen LogP contribution in [0.3, 0.4) is 0 Å². The van der Waals surface area contributed by atoms with Gasteiger partial charge in [-0.3, -0.25) is 0 Å². The van der Waals surface area contributed by atoms with Crippen LogP contribution in [0.15, 0.2) is 0 Å². The van der Waals surface area contributed by atoms with E-state index in [-0.39, 0.29) is 10.5 Å². The maximum atomic E-state index is 11.3. The second-order valence-corrected chi connectivity index (χ2v) is 10.6. The van der Waals surface area contributed by atoms with Crippen LogP contribution >= 0.6 is 0 Å². The molecule has 9 nitrogen and oxygen atoms in total. The van der Waals surface area contributed by atoms with Crippen molar-refractivity contribution in [2.24, 2.45) is 11.5 Å². The minimum absolute atomic E-state index is 0.379. The van der Waals surface area contributed by atoms with E-state index < -0.39 is 53.3 Å². The molecule has 0 aromatic heterocycles. The number of carboxylic acids is 2. The molecule has 2 atom stereocenters. The van der Waals surface area contributed by atoms with Crippen molar-refractivity contribution in [3.8, 4) is 0 Å². The topological polar surface area (TPSA) is 170 Å². The SMILES string of the molecule is N[C@@H]([CH2][Ge](=[O])[O][Ge](=[O])[CH2][C@H](N)C(=O)O)C(=O)O. The molecule has 6 N–H and O–H groups in total. The summed E-state index contributed by atoms with van der Waals surface area (Å²) in [7, 11) is 0. The molecule has 0 spiro atoms. The Hall–Kier alpha value is -0.654. The average Bonchev–Trinajstić information content (AvgIpc) is 2.16. The third-order valence-corrected chi connectivity index (χ3v) is 10.8. The quantitative estimate of drug-likeness (QED) is 0.342. The summed E-state index contributed by atoms with van der Waals surface area (Å²) in [6, 6.07) is -2.66. The van der Waals surface area contributed by atoms with Crippen LogP contribution in [0, 0.1) is 0 Å². The second-order valence-electron chi connectivity index (χ2n) is 3.14. The summed E-state index contributed by atoms with van der Waals surface area (Å²) in [5, 5.41) is 16.1. The molecule has 0 rings (SSSR count). The molecule has 0 heterocycles. The van der Waals surface area contributed by atoms with Gasteiger partial charge in [-0.05, 0) is 0 Å². The molecule has 0 aliphatic carbocycles. The van der Waals surface area contributed by atoms with E-state index in [4.69, 9.17) is 21.7 Å². The normalized spacial score (nSPS) is 13.5. The average molecular weight is 369 g/mol. The van der Waals surface area contributed by atoms with Crippen molar-refractivity contribution in [3.63, 3.8) is 0 Å². The molecule has 11 heteroatoms. The molecular formula is C6H12Ge2N2O7. The fraction of sp³-hybridized carbons (Fsp3) is 0.667. The molecule has 0 fully saturated rings. The van der Waals surface area contributed by atoms with Crippen LogP contribution < -0.4 is 11.5 Å². The van der Waals surface area contributed by atoms with Gasteiger partial charge in [-0.2, -0.15) is 0 Å². The monoisotopic (exact) mass is 372 g/mol. The summed E-state index contributed by atoms with van der Waals surface area (Å²) in [4.78, 5) is 20.7. The molecule has 0 amide bonds. The molecule has 0 saturated carbocycles. The van der Waals surface area contributed by atoms with E-state index >= 15 is 0 Å². The molecule has 96 valence electrons. The number of rotatable bonds is 8. The van der Waals surface area contributed by atoms with Crippen LogP contribution in [0.4, 0.5) is 0 Å². The standard InChI is InChI=1S/C6H12Ge2N2O7/c9-3(5(11)12)1-7(15)17-8(16)2-4(10)6(13)14/h3-4H,1-2,9-10H2,(H,11,12)(H,13,14)/t3-,4-/m0/s1. The van der Waals surface area contributed by atoms with Crippen molar-refractivity contribution in [2.75, 3.05) is 0 Å². The predicted octanol–water partition coefficient (Wildman–Crippen LogP) is -2.34. The first kappa shape index (κ1) is 16.3. The molecule has 0 aliphatic rings. The van der Waals surface area contributed by atoms with Gasteiger partial charge in [0.2, 0.25) is 0 Å². The minimum atomic E-state index is -3.48. The van der Waals surface area contributed by atoms with Gasteiger partial charge in [0.15, 0.2) is 0 Å². The third kappa shape index (κ3) is 7.30. The van der Waals surface area contributed by atoms with Crippen molar-refractivity contribution in [2.45, 2.75) is 22.6 Å².